The van der Waals surface area contributed by atoms with Crippen molar-refractivity contribution in [2.45, 2.75) is 10.9 Å². The van der Waals surface area contributed by atoms with Gasteiger partial charge < -0.3 is 4.98 Å². The van der Waals surface area contributed by atoms with Gasteiger partial charge in [0.15, 0.2) is 16.3 Å². The first-order valence-corrected chi connectivity index (χ1v) is 7.33. The highest BCUT2D eigenvalue weighted by molar-refractivity contribution is 7.98. The number of imidazole rings is 1. The summed E-state index contributed by atoms with van der Waals surface area (Å²) in [5.74, 6) is 0.125. The lowest BCUT2D eigenvalue weighted by Crippen LogP contribution is -2.36. The maximum atomic E-state index is 12.0. The zero-order valence-electron chi connectivity index (χ0n) is 12.0. The molecule has 3 rings (SSSR count). The summed E-state index contributed by atoms with van der Waals surface area (Å²) >= 11 is 1.11. The fourth-order valence-electron chi connectivity index (χ4n) is 1.98. The van der Waals surface area contributed by atoms with Gasteiger partial charge in [0.2, 0.25) is 0 Å². The molecule has 3 aromatic heterocycles. The number of aromatic amines is 3. The summed E-state index contributed by atoms with van der Waals surface area (Å²) in [6.45, 7) is 0. The molecule has 0 atom stereocenters. The molecule has 0 saturated heterocycles. The van der Waals surface area contributed by atoms with Crippen LogP contribution in [0.15, 0.2) is 24.3 Å². The fraction of sp³-hybridized carbons (Fsp3) is 0.273. The van der Waals surface area contributed by atoms with Crippen molar-refractivity contribution in [3.63, 3.8) is 0 Å². The van der Waals surface area contributed by atoms with Crippen LogP contribution < -0.4 is 22.5 Å². The third-order valence-electron chi connectivity index (χ3n) is 3.20. The second kappa shape index (κ2) is 5.39. The van der Waals surface area contributed by atoms with E-state index in [1.165, 1.54) is 18.7 Å². The van der Waals surface area contributed by atoms with Gasteiger partial charge in [-0.2, -0.15) is 5.10 Å². The maximum Gasteiger partial charge on any atom is 0.342 e. The topological polar surface area (TPSA) is 151 Å². The van der Waals surface area contributed by atoms with Crippen molar-refractivity contribution >= 4 is 22.9 Å². The van der Waals surface area contributed by atoms with E-state index in [1.807, 2.05) is 0 Å². The minimum atomic E-state index is -0.689. The molecule has 0 aliphatic heterocycles. The Bertz CT molecular complexity index is 1130. The molecule has 120 valence electrons. The molecule has 12 heteroatoms. The molecular formula is C11H11N7O4S. The largest absolute Gasteiger partial charge is 0.342 e. The molecule has 3 heterocycles. The predicted octanol–water partition coefficient (Wildman–Crippen LogP) is -1.98. The smallest absolute Gasteiger partial charge is 0.327 e. The van der Waals surface area contributed by atoms with E-state index in [-0.39, 0.29) is 22.6 Å². The van der Waals surface area contributed by atoms with Crippen LogP contribution in [-0.2, 0) is 19.8 Å². The zero-order valence-corrected chi connectivity index (χ0v) is 12.9. The number of thioether (sulfide) groups is 1. The van der Waals surface area contributed by atoms with Crippen molar-refractivity contribution in [1.29, 1.82) is 0 Å². The van der Waals surface area contributed by atoms with Gasteiger partial charge in [-0.05, 0) is 0 Å². The van der Waals surface area contributed by atoms with Gasteiger partial charge in [-0.3, -0.25) is 23.7 Å². The lowest BCUT2D eigenvalue weighted by molar-refractivity contribution is 0.708. The van der Waals surface area contributed by atoms with Gasteiger partial charge in [0, 0.05) is 14.1 Å². The lowest BCUT2D eigenvalue weighted by Gasteiger charge is -2.00. The molecule has 0 aliphatic carbocycles. The van der Waals surface area contributed by atoms with Gasteiger partial charge in [0.1, 0.15) is 5.69 Å². The first-order valence-electron chi connectivity index (χ1n) is 6.35. The number of rotatable bonds is 3. The van der Waals surface area contributed by atoms with E-state index < -0.39 is 22.5 Å². The van der Waals surface area contributed by atoms with E-state index in [0.717, 1.165) is 16.3 Å². The van der Waals surface area contributed by atoms with Crippen LogP contribution in [0.5, 0.6) is 0 Å². The van der Waals surface area contributed by atoms with Gasteiger partial charge in [-0.15, -0.1) is 0 Å². The first kappa shape index (κ1) is 15.0. The number of nitrogens with one attached hydrogen (secondary N) is 3. The number of hydrogen-bond donors (Lipinski definition) is 3. The van der Waals surface area contributed by atoms with E-state index in [1.54, 1.807) is 0 Å². The van der Waals surface area contributed by atoms with Crippen molar-refractivity contribution < 1.29 is 0 Å². The van der Waals surface area contributed by atoms with Gasteiger partial charge in [0.05, 0.1) is 5.75 Å². The highest BCUT2D eigenvalue weighted by Gasteiger charge is 2.14. The van der Waals surface area contributed by atoms with Crippen molar-refractivity contribution in [1.82, 2.24) is 34.3 Å². The Labute approximate surface area is 130 Å². The third-order valence-corrected chi connectivity index (χ3v) is 4.08. The quantitative estimate of drug-likeness (QED) is 0.469. The van der Waals surface area contributed by atoms with Gasteiger partial charge >= 0.3 is 11.4 Å². The molecule has 3 N–H and O–H groups in total. The number of hydrogen-bond acceptors (Lipinski definition) is 7. The average Bonchev–Trinajstić information content (AvgIpc) is 2.94. The van der Waals surface area contributed by atoms with Crippen LogP contribution in [0, 0.1) is 0 Å². The minimum Gasteiger partial charge on any atom is -0.327 e. The standard InChI is InChI=1S/C11H11N7O4S/c1-17-6-5(8(20)18(2)11(17)22)12-10(13-6)23-3-4-7(19)14-9(21)16-15-4/h3H2,1-2H3,(H,12,13)(H2,14,16,19,21). The Morgan fingerprint density at radius 3 is 2.52 bits per heavy atom. The summed E-state index contributed by atoms with van der Waals surface area (Å²) in [5, 5.41) is 6.13. The summed E-state index contributed by atoms with van der Waals surface area (Å²) in [6.07, 6.45) is 0. The Kier molecular flexibility index (Phi) is 3.52. The number of aromatic nitrogens is 7. The molecule has 3 aromatic rings. The molecule has 0 spiro atoms. The van der Waals surface area contributed by atoms with E-state index in [4.69, 9.17) is 0 Å². The zero-order chi connectivity index (χ0) is 16.7. The fourth-order valence-corrected chi connectivity index (χ4v) is 2.77. The predicted molar refractivity (Wildman–Crippen MR) is 81.6 cm³/mol. The monoisotopic (exact) mass is 337 g/mol. The number of fused-ring (bicyclic) bond motifs is 1. The normalized spacial score (nSPS) is 11.2. The maximum absolute atomic E-state index is 12.0. The van der Waals surface area contributed by atoms with Crippen LogP contribution in [0.1, 0.15) is 5.69 Å². The molecule has 0 aromatic carbocycles. The number of H-pyrrole nitrogens is 3. The summed E-state index contributed by atoms with van der Waals surface area (Å²) in [6, 6.07) is 0. The molecule has 0 fully saturated rings. The van der Waals surface area contributed by atoms with Crippen LogP contribution in [0.2, 0.25) is 0 Å². The van der Waals surface area contributed by atoms with E-state index in [2.05, 4.69) is 25.1 Å². The molecule has 0 amide bonds. The highest BCUT2D eigenvalue weighted by Crippen LogP contribution is 2.18. The van der Waals surface area contributed by atoms with Crippen molar-refractivity contribution in [3.8, 4) is 0 Å². The van der Waals surface area contributed by atoms with Crippen LogP contribution in [0.4, 0.5) is 0 Å². The van der Waals surface area contributed by atoms with Crippen LogP contribution in [0.25, 0.3) is 11.2 Å². The van der Waals surface area contributed by atoms with Crippen LogP contribution >= 0.6 is 11.8 Å². The Balaban J connectivity index is 1.99. The number of aryl methyl sites for hydroxylation is 1. The Morgan fingerprint density at radius 1 is 1.09 bits per heavy atom. The van der Waals surface area contributed by atoms with E-state index in [9.17, 15) is 19.2 Å². The van der Waals surface area contributed by atoms with Crippen molar-refractivity contribution in [3.05, 3.63) is 47.4 Å². The molecular weight excluding hydrogens is 326 g/mol. The van der Waals surface area contributed by atoms with Gasteiger partial charge in [-0.25, -0.2) is 19.7 Å². The second-order valence-corrected chi connectivity index (χ2v) is 5.65. The summed E-state index contributed by atoms with van der Waals surface area (Å²) in [4.78, 5) is 55.4. The molecule has 0 aliphatic rings. The summed E-state index contributed by atoms with van der Waals surface area (Å²) in [5.41, 5.74) is -1.72. The molecule has 0 bridgehead atoms. The van der Waals surface area contributed by atoms with Crippen molar-refractivity contribution in [2.24, 2.45) is 14.1 Å². The lowest BCUT2D eigenvalue weighted by atomic mass is 10.5. The first-order chi connectivity index (χ1) is 10.9. The molecule has 11 nitrogen and oxygen atoms in total. The van der Waals surface area contributed by atoms with Crippen LogP contribution in [0.3, 0.4) is 0 Å². The summed E-state index contributed by atoms with van der Waals surface area (Å²) in [7, 11) is 2.88. The SMILES string of the molecule is Cn1c(=O)c2[nH]c(SCc3n[nH]c(=O)[nH]c3=O)nc2n(C)c1=O. The average molecular weight is 337 g/mol. The van der Waals surface area contributed by atoms with E-state index in [0.29, 0.717) is 5.16 Å². The molecule has 0 radical (unpaired) electrons. The Morgan fingerprint density at radius 2 is 1.83 bits per heavy atom. The molecule has 0 unspecified atom stereocenters. The molecule has 0 saturated carbocycles. The minimum absolute atomic E-state index is 0.108. The van der Waals surface area contributed by atoms with Gasteiger partial charge in [-0.1, -0.05) is 11.8 Å². The molecule has 23 heavy (non-hydrogen) atoms. The number of nitrogens with zero attached hydrogens (tertiary/aromatic N) is 4. The third kappa shape index (κ3) is 2.52. The second-order valence-electron chi connectivity index (χ2n) is 4.69. The highest BCUT2D eigenvalue weighted by atomic mass is 32.2. The van der Waals surface area contributed by atoms with Gasteiger partial charge in [0.25, 0.3) is 11.1 Å². The van der Waals surface area contributed by atoms with Crippen molar-refractivity contribution in [2.75, 3.05) is 0 Å². The Hall–Kier alpha value is -2.89. The van der Waals surface area contributed by atoms with Crippen LogP contribution in [-0.4, -0.2) is 34.3 Å². The summed E-state index contributed by atoms with van der Waals surface area (Å²) < 4.78 is 2.23. The van der Waals surface area contributed by atoms with E-state index >= 15 is 0 Å².